The first kappa shape index (κ1) is 21.5. The minimum atomic E-state index is -4.06. The Bertz CT molecular complexity index is 1250. The molecule has 0 N–H and O–H groups in total. The average Bonchev–Trinajstić information content (AvgIpc) is 2.73. The fourth-order valence-corrected chi connectivity index (χ4v) is 5.31. The maximum atomic E-state index is 13.4. The lowest BCUT2D eigenvalue weighted by Crippen LogP contribution is -2.46. The maximum Gasteiger partial charge on any atom is 0.200 e. The van der Waals surface area contributed by atoms with Gasteiger partial charge in [0.2, 0.25) is 9.84 Å². The monoisotopic (exact) mass is 456 g/mol. The van der Waals surface area contributed by atoms with E-state index in [9.17, 15) is 13.7 Å². The summed E-state index contributed by atoms with van der Waals surface area (Å²) >= 11 is 5.91. The number of hydrogen-bond acceptors (Lipinski definition) is 7. The summed E-state index contributed by atoms with van der Waals surface area (Å²) in [6.07, 6.45) is -0.142. The Morgan fingerprint density at radius 3 is 2.23 bits per heavy atom. The number of anilines is 1. The fraction of sp³-hybridized carbons (Fsp3) is 0.318. The Hall–Kier alpha value is -2.73. The minimum absolute atomic E-state index is 0.00747. The molecule has 31 heavy (non-hydrogen) atoms. The van der Waals surface area contributed by atoms with Crippen molar-refractivity contribution in [3.05, 3.63) is 59.2 Å². The van der Waals surface area contributed by atoms with Crippen molar-refractivity contribution in [3.8, 4) is 6.07 Å². The van der Waals surface area contributed by atoms with Crippen molar-refractivity contribution in [2.45, 2.75) is 36.2 Å². The molecule has 4 rings (SSSR count). The molecule has 0 bridgehead atoms. The quantitative estimate of drug-likeness (QED) is 0.586. The lowest BCUT2D eigenvalue weighted by molar-refractivity contribution is -0.00550. The molecule has 1 aliphatic rings. The van der Waals surface area contributed by atoms with Gasteiger partial charge in [-0.25, -0.2) is 18.4 Å². The van der Waals surface area contributed by atoms with E-state index in [1.54, 1.807) is 12.1 Å². The zero-order valence-electron chi connectivity index (χ0n) is 17.1. The molecule has 1 aromatic heterocycles. The van der Waals surface area contributed by atoms with Gasteiger partial charge in [0.1, 0.15) is 5.69 Å². The first-order chi connectivity index (χ1) is 14.8. The predicted octanol–water partition coefficient (Wildman–Crippen LogP) is 3.94. The van der Waals surface area contributed by atoms with Crippen molar-refractivity contribution in [1.82, 2.24) is 9.97 Å². The van der Waals surface area contributed by atoms with Crippen LogP contribution in [0.2, 0.25) is 5.02 Å². The van der Waals surface area contributed by atoms with E-state index in [0.717, 1.165) is 0 Å². The summed E-state index contributed by atoms with van der Waals surface area (Å²) in [4.78, 5) is 11.3. The molecule has 160 valence electrons. The molecule has 1 aliphatic heterocycles. The molecule has 1 fully saturated rings. The number of ether oxygens (including phenoxy) is 1. The molecular formula is C22H21ClN4O3S. The van der Waals surface area contributed by atoms with Crippen LogP contribution in [-0.4, -0.2) is 43.7 Å². The van der Waals surface area contributed by atoms with Crippen LogP contribution < -0.4 is 4.90 Å². The molecule has 9 heteroatoms. The van der Waals surface area contributed by atoms with Crippen LogP contribution in [0.1, 0.15) is 24.8 Å². The second-order valence-corrected chi connectivity index (χ2v) is 10.1. The van der Waals surface area contributed by atoms with E-state index < -0.39 is 15.1 Å². The largest absolute Gasteiger partial charge is 0.372 e. The van der Waals surface area contributed by atoms with Crippen molar-refractivity contribution >= 4 is 38.3 Å². The number of nitrogens with zero attached hydrogens (tertiary/aromatic N) is 4. The molecule has 3 atom stereocenters. The van der Waals surface area contributed by atoms with Gasteiger partial charge in [-0.1, -0.05) is 23.7 Å². The summed E-state index contributed by atoms with van der Waals surface area (Å²) in [7, 11) is -4.06. The first-order valence-electron chi connectivity index (χ1n) is 9.85. The van der Waals surface area contributed by atoms with Gasteiger partial charge in [-0.15, -0.1) is 0 Å². The van der Waals surface area contributed by atoms with Crippen LogP contribution >= 0.6 is 11.6 Å². The number of fused-ring (bicyclic) bond motifs is 1. The van der Waals surface area contributed by atoms with Crippen molar-refractivity contribution in [2.75, 3.05) is 18.0 Å². The lowest BCUT2D eigenvalue weighted by Gasteiger charge is -2.37. The highest BCUT2D eigenvalue weighted by Gasteiger charge is 2.36. The Morgan fingerprint density at radius 1 is 1.06 bits per heavy atom. The number of para-hydroxylation sites is 2. The highest BCUT2D eigenvalue weighted by Crippen LogP contribution is 2.35. The van der Waals surface area contributed by atoms with Gasteiger partial charge in [-0.2, -0.15) is 5.26 Å². The van der Waals surface area contributed by atoms with Crippen LogP contribution in [0.3, 0.4) is 0 Å². The van der Waals surface area contributed by atoms with E-state index in [0.29, 0.717) is 35.0 Å². The van der Waals surface area contributed by atoms with Crippen LogP contribution in [0, 0.1) is 11.3 Å². The van der Waals surface area contributed by atoms with Gasteiger partial charge < -0.3 is 9.64 Å². The average molecular weight is 457 g/mol. The number of benzene rings is 2. The third kappa shape index (κ3) is 4.22. The molecule has 0 aliphatic carbocycles. The number of morpholine rings is 1. The Kier molecular flexibility index (Phi) is 5.84. The fourth-order valence-electron chi connectivity index (χ4n) is 3.80. The van der Waals surface area contributed by atoms with Gasteiger partial charge in [0, 0.05) is 18.1 Å². The summed E-state index contributed by atoms with van der Waals surface area (Å²) in [6.45, 7) is 4.93. The molecule has 3 aromatic rings. The first-order valence-corrected chi connectivity index (χ1v) is 11.8. The van der Waals surface area contributed by atoms with Crippen LogP contribution in [0.4, 0.5) is 5.82 Å². The van der Waals surface area contributed by atoms with E-state index >= 15 is 0 Å². The summed E-state index contributed by atoms with van der Waals surface area (Å²) in [5, 5.41) is 8.86. The van der Waals surface area contributed by atoms with E-state index in [-0.39, 0.29) is 22.8 Å². The number of hydrogen-bond donors (Lipinski definition) is 0. The van der Waals surface area contributed by atoms with Crippen LogP contribution in [0.25, 0.3) is 11.0 Å². The molecule has 0 radical (unpaired) electrons. The number of halogens is 1. The third-order valence-electron chi connectivity index (χ3n) is 5.12. The second-order valence-electron chi connectivity index (χ2n) is 7.59. The van der Waals surface area contributed by atoms with Crippen LogP contribution in [0.15, 0.2) is 53.4 Å². The predicted molar refractivity (Wildman–Crippen MR) is 119 cm³/mol. The number of sulfone groups is 1. The highest BCUT2D eigenvalue weighted by molar-refractivity contribution is 7.92. The number of aromatic nitrogens is 2. The van der Waals surface area contributed by atoms with E-state index in [4.69, 9.17) is 21.3 Å². The summed E-state index contributed by atoms with van der Waals surface area (Å²) < 4.78 is 32.6. The topological polar surface area (TPSA) is 96.2 Å². The van der Waals surface area contributed by atoms with Crippen LogP contribution in [0.5, 0.6) is 0 Å². The maximum absolute atomic E-state index is 13.4. The normalized spacial score (nSPS) is 20.4. The molecular weight excluding hydrogens is 436 g/mol. The molecule has 2 aromatic carbocycles. The molecule has 0 spiro atoms. The molecule has 7 nitrogen and oxygen atoms in total. The van der Waals surface area contributed by atoms with Gasteiger partial charge in [0.25, 0.3) is 0 Å². The number of rotatable bonds is 4. The number of nitriles is 1. The standard InChI is InChI=1S/C22H21ClN4O3S/c1-14-12-27(13-15(2)30-14)22-21(25-18-5-3-4-6-19(18)26-22)20(11-24)31(28,29)17-9-7-16(23)8-10-17/h3-10,14-15,20H,12-13H2,1-2H3/t14-,15+,20-/m0/s1. The van der Waals surface area contributed by atoms with Gasteiger partial charge in [-0.05, 0) is 50.2 Å². The third-order valence-corrected chi connectivity index (χ3v) is 7.25. The summed E-state index contributed by atoms with van der Waals surface area (Å²) in [5.41, 5.74) is 1.29. The Labute approximate surface area is 186 Å². The van der Waals surface area contributed by atoms with E-state index in [1.165, 1.54) is 24.3 Å². The van der Waals surface area contributed by atoms with E-state index in [1.807, 2.05) is 36.9 Å². The minimum Gasteiger partial charge on any atom is -0.372 e. The van der Waals surface area contributed by atoms with Gasteiger partial charge in [0.15, 0.2) is 11.1 Å². The Balaban J connectivity index is 1.90. The SMILES string of the molecule is C[C@@H]1CN(c2nc3ccccc3nc2[C@H](C#N)S(=O)(=O)c2ccc(Cl)cc2)C[C@H](C)O1. The Morgan fingerprint density at radius 2 is 1.65 bits per heavy atom. The molecule has 0 saturated carbocycles. The van der Waals surface area contributed by atoms with Crippen molar-refractivity contribution < 1.29 is 13.2 Å². The van der Waals surface area contributed by atoms with E-state index in [2.05, 4.69) is 4.98 Å². The zero-order valence-corrected chi connectivity index (χ0v) is 18.6. The summed E-state index contributed by atoms with van der Waals surface area (Å²) in [5.74, 6) is 0.393. The highest BCUT2D eigenvalue weighted by atomic mass is 35.5. The molecule has 0 amide bonds. The van der Waals surface area contributed by atoms with Crippen molar-refractivity contribution in [1.29, 1.82) is 5.26 Å². The smallest absolute Gasteiger partial charge is 0.200 e. The molecule has 0 unspecified atom stereocenters. The van der Waals surface area contributed by atoms with Crippen LogP contribution in [-0.2, 0) is 14.6 Å². The second kappa shape index (κ2) is 8.42. The van der Waals surface area contributed by atoms with Gasteiger partial charge >= 0.3 is 0 Å². The van der Waals surface area contributed by atoms with Gasteiger partial charge in [0.05, 0.1) is 34.2 Å². The van der Waals surface area contributed by atoms with Crippen molar-refractivity contribution in [3.63, 3.8) is 0 Å². The molecule has 1 saturated heterocycles. The zero-order chi connectivity index (χ0) is 22.2. The summed E-state index contributed by atoms with van der Waals surface area (Å²) in [6, 6.07) is 14.9. The lowest BCUT2D eigenvalue weighted by atomic mass is 10.2. The van der Waals surface area contributed by atoms with Crippen molar-refractivity contribution in [2.24, 2.45) is 0 Å². The van der Waals surface area contributed by atoms with Gasteiger partial charge in [-0.3, -0.25) is 0 Å². The molecule has 2 heterocycles.